The Hall–Kier alpha value is -2.02. The van der Waals surface area contributed by atoms with E-state index < -0.39 is 11.5 Å². The molecule has 1 aromatic rings. The van der Waals surface area contributed by atoms with Gasteiger partial charge in [0.15, 0.2) is 0 Å². The van der Waals surface area contributed by atoms with Crippen molar-refractivity contribution < 1.29 is 9.90 Å². The number of allylic oxidation sites excluding steroid dienone is 3. The van der Waals surface area contributed by atoms with Gasteiger partial charge in [0.2, 0.25) is 0 Å². The molecule has 7 heteroatoms. The van der Waals surface area contributed by atoms with Crippen molar-refractivity contribution in [3.63, 3.8) is 0 Å². The predicted molar refractivity (Wildman–Crippen MR) is 71.8 cm³/mol. The maximum atomic E-state index is 11.8. The monoisotopic (exact) mass is 313 g/mol. The summed E-state index contributed by atoms with van der Waals surface area (Å²) in [5, 5.41) is 8.90. The van der Waals surface area contributed by atoms with Crippen LogP contribution in [-0.4, -0.2) is 15.6 Å². The Morgan fingerprint density at radius 3 is 2.56 bits per heavy atom. The van der Waals surface area contributed by atoms with E-state index in [1.165, 1.54) is 18.2 Å². The minimum absolute atomic E-state index is 0.0497. The number of nitrogens with two attached hydrogens (primary N) is 2. The number of carboxylic acids is 1. The third-order valence-corrected chi connectivity index (χ3v) is 2.58. The average molecular weight is 314 g/mol. The molecule has 0 atom stereocenters. The number of carbonyl (C=O) groups is 1. The highest BCUT2D eigenvalue weighted by Gasteiger charge is 2.10. The second-order valence-corrected chi connectivity index (χ2v) is 4.41. The van der Waals surface area contributed by atoms with E-state index in [2.05, 4.69) is 15.9 Å². The molecule has 1 heterocycles. The van der Waals surface area contributed by atoms with Gasteiger partial charge in [-0.1, -0.05) is 0 Å². The van der Waals surface area contributed by atoms with Crippen molar-refractivity contribution in [3.05, 3.63) is 50.5 Å². The quantitative estimate of drug-likeness (QED) is 0.719. The summed E-state index contributed by atoms with van der Waals surface area (Å²) < 4.78 is 1.15. The molecule has 1 aromatic heterocycles. The zero-order valence-electron chi connectivity index (χ0n) is 9.55. The number of nitrogens with zero attached hydrogens (tertiary/aromatic N) is 1. The molecule has 0 bridgehead atoms. The maximum absolute atomic E-state index is 11.8. The number of pyridine rings is 1. The number of halogens is 1. The number of carboxylic acid groups (broad SMARTS) is 1. The van der Waals surface area contributed by atoms with Gasteiger partial charge in [-0.2, -0.15) is 0 Å². The van der Waals surface area contributed by atoms with E-state index in [0.717, 1.165) is 10.8 Å². The number of rotatable bonds is 3. The molecule has 0 unspecified atom stereocenters. The molecule has 5 N–H and O–H groups in total. The standard InChI is InChI=1S/C11H12BrN3O3/c1-6(13)2-3-9(14)15-5-7(11(17)18)4-8(12)10(15)16/h2-5H,13-14H2,1H3,(H,17,18)/b6-2-,9-3+. The maximum Gasteiger partial charge on any atom is 0.337 e. The van der Waals surface area contributed by atoms with Crippen LogP contribution in [0.5, 0.6) is 0 Å². The summed E-state index contributed by atoms with van der Waals surface area (Å²) in [7, 11) is 0. The molecule has 0 saturated heterocycles. The summed E-state index contributed by atoms with van der Waals surface area (Å²) in [5.41, 5.74) is 11.1. The molecule has 18 heavy (non-hydrogen) atoms. The van der Waals surface area contributed by atoms with Crippen molar-refractivity contribution in [1.82, 2.24) is 4.57 Å². The van der Waals surface area contributed by atoms with Crippen LogP contribution in [0, 0.1) is 0 Å². The first-order chi connectivity index (χ1) is 8.32. The van der Waals surface area contributed by atoms with Crippen LogP contribution in [0.2, 0.25) is 0 Å². The molecule has 96 valence electrons. The van der Waals surface area contributed by atoms with E-state index >= 15 is 0 Å². The number of aromatic nitrogens is 1. The van der Waals surface area contributed by atoms with Crippen LogP contribution in [0.15, 0.2) is 39.4 Å². The molecule has 0 aliphatic heterocycles. The topological polar surface area (TPSA) is 111 Å². The van der Waals surface area contributed by atoms with E-state index in [0.29, 0.717) is 5.70 Å². The number of hydrogen-bond acceptors (Lipinski definition) is 4. The Balaban J connectivity index is 3.40. The molecule has 0 radical (unpaired) electrons. The van der Waals surface area contributed by atoms with Gasteiger partial charge in [-0.15, -0.1) is 0 Å². The molecular weight excluding hydrogens is 302 g/mol. The number of aromatic carboxylic acids is 1. The van der Waals surface area contributed by atoms with Crippen LogP contribution in [0.4, 0.5) is 0 Å². The fourth-order valence-corrected chi connectivity index (χ4v) is 1.59. The lowest BCUT2D eigenvalue weighted by Crippen LogP contribution is -2.24. The molecule has 1 rings (SSSR count). The van der Waals surface area contributed by atoms with Crippen LogP contribution in [-0.2, 0) is 0 Å². The van der Waals surface area contributed by atoms with Crippen LogP contribution < -0.4 is 17.0 Å². The highest BCUT2D eigenvalue weighted by molar-refractivity contribution is 9.10. The zero-order valence-corrected chi connectivity index (χ0v) is 11.1. The van der Waals surface area contributed by atoms with Gasteiger partial charge in [-0.25, -0.2) is 4.79 Å². The van der Waals surface area contributed by atoms with E-state index in [1.54, 1.807) is 6.92 Å². The zero-order chi connectivity index (χ0) is 13.9. The largest absolute Gasteiger partial charge is 0.478 e. The molecular formula is C11H12BrN3O3. The van der Waals surface area contributed by atoms with Crippen LogP contribution in [0.25, 0.3) is 5.82 Å². The second kappa shape index (κ2) is 5.54. The first-order valence-electron chi connectivity index (χ1n) is 4.88. The van der Waals surface area contributed by atoms with Crippen molar-refractivity contribution in [2.75, 3.05) is 0 Å². The van der Waals surface area contributed by atoms with Gasteiger partial charge < -0.3 is 16.6 Å². The molecule has 0 fully saturated rings. The van der Waals surface area contributed by atoms with E-state index in [1.807, 2.05) is 0 Å². The lowest BCUT2D eigenvalue weighted by atomic mass is 10.3. The summed E-state index contributed by atoms with van der Waals surface area (Å²) in [6.45, 7) is 1.66. The fourth-order valence-electron chi connectivity index (χ4n) is 1.15. The van der Waals surface area contributed by atoms with E-state index in [-0.39, 0.29) is 15.9 Å². The molecule has 0 aliphatic carbocycles. The first-order valence-corrected chi connectivity index (χ1v) is 5.67. The van der Waals surface area contributed by atoms with Gasteiger partial charge in [0, 0.05) is 11.9 Å². The summed E-state index contributed by atoms with van der Waals surface area (Å²) in [4.78, 5) is 22.7. The Labute approximate surface area is 111 Å². The Kier molecular flexibility index (Phi) is 4.33. The third kappa shape index (κ3) is 3.24. The lowest BCUT2D eigenvalue weighted by Gasteiger charge is -2.07. The van der Waals surface area contributed by atoms with E-state index in [9.17, 15) is 9.59 Å². The summed E-state index contributed by atoms with van der Waals surface area (Å²) in [6.07, 6.45) is 4.10. The Morgan fingerprint density at radius 2 is 2.06 bits per heavy atom. The van der Waals surface area contributed by atoms with Gasteiger partial charge in [0.05, 0.1) is 10.0 Å². The van der Waals surface area contributed by atoms with E-state index in [4.69, 9.17) is 16.6 Å². The summed E-state index contributed by atoms with van der Waals surface area (Å²) in [6, 6.07) is 1.22. The van der Waals surface area contributed by atoms with Crippen LogP contribution in [0.3, 0.4) is 0 Å². The second-order valence-electron chi connectivity index (χ2n) is 3.56. The van der Waals surface area contributed by atoms with Gasteiger partial charge in [0.25, 0.3) is 5.56 Å². The Morgan fingerprint density at radius 1 is 1.44 bits per heavy atom. The van der Waals surface area contributed by atoms with Crippen LogP contribution >= 0.6 is 15.9 Å². The average Bonchev–Trinajstić information content (AvgIpc) is 2.29. The molecule has 6 nitrogen and oxygen atoms in total. The van der Waals surface area contributed by atoms with Gasteiger partial charge in [0.1, 0.15) is 5.82 Å². The smallest absolute Gasteiger partial charge is 0.337 e. The van der Waals surface area contributed by atoms with Gasteiger partial charge in [-0.05, 0) is 41.1 Å². The normalized spacial score (nSPS) is 12.6. The molecule has 0 aliphatic rings. The predicted octanol–water partition coefficient (Wildman–Crippen LogP) is 0.929. The molecule has 0 amide bonds. The SMILES string of the molecule is C/C(N)=C/C=C(\N)n1cc(C(=O)O)cc(Br)c1=O. The fraction of sp³-hybridized carbons (Fsp3) is 0.0909. The minimum Gasteiger partial charge on any atom is -0.478 e. The van der Waals surface area contributed by atoms with Crippen molar-refractivity contribution in [3.8, 4) is 0 Å². The third-order valence-electron chi connectivity index (χ3n) is 2.02. The summed E-state index contributed by atoms with van der Waals surface area (Å²) >= 11 is 2.99. The van der Waals surface area contributed by atoms with Crippen LogP contribution in [0.1, 0.15) is 17.3 Å². The molecule has 0 aromatic carbocycles. The molecule has 0 spiro atoms. The highest BCUT2D eigenvalue weighted by Crippen LogP contribution is 2.09. The van der Waals surface area contributed by atoms with Crippen molar-refractivity contribution >= 4 is 27.7 Å². The van der Waals surface area contributed by atoms with Crippen molar-refractivity contribution in [2.45, 2.75) is 6.92 Å². The minimum atomic E-state index is -1.15. The first kappa shape index (κ1) is 14.0. The lowest BCUT2D eigenvalue weighted by molar-refractivity contribution is 0.0696. The number of hydrogen-bond donors (Lipinski definition) is 3. The van der Waals surface area contributed by atoms with Gasteiger partial charge >= 0.3 is 5.97 Å². The van der Waals surface area contributed by atoms with Crippen molar-refractivity contribution in [2.24, 2.45) is 11.5 Å². The van der Waals surface area contributed by atoms with Crippen molar-refractivity contribution in [1.29, 1.82) is 0 Å². The Bertz CT molecular complexity index is 598. The molecule has 0 saturated carbocycles. The summed E-state index contributed by atoms with van der Waals surface area (Å²) in [5.74, 6) is -1.07. The highest BCUT2D eigenvalue weighted by atomic mass is 79.9. The van der Waals surface area contributed by atoms with Gasteiger partial charge in [-0.3, -0.25) is 9.36 Å².